The van der Waals surface area contributed by atoms with Crippen LogP contribution in [-0.2, 0) is 28.7 Å². The molecule has 3 aromatic rings. The summed E-state index contributed by atoms with van der Waals surface area (Å²) in [6.07, 6.45) is 0.139. The first-order valence-corrected chi connectivity index (χ1v) is 11.4. The molecule has 0 radical (unpaired) electrons. The summed E-state index contributed by atoms with van der Waals surface area (Å²) >= 11 is 0. The van der Waals surface area contributed by atoms with E-state index in [1.165, 1.54) is 0 Å². The summed E-state index contributed by atoms with van der Waals surface area (Å²) in [6.45, 7) is 2.82. The molecule has 0 fully saturated rings. The Hall–Kier alpha value is -3.65. The van der Waals surface area contributed by atoms with E-state index in [0.29, 0.717) is 29.9 Å². The van der Waals surface area contributed by atoms with Crippen molar-refractivity contribution in [2.75, 3.05) is 11.3 Å². The van der Waals surface area contributed by atoms with Gasteiger partial charge in [-0.1, -0.05) is 60.7 Å². The number of likely N-dealkylation sites (N-methyl/N-ethyl adjacent to an activating group) is 1. The van der Waals surface area contributed by atoms with Crippen LogP contribution in [0.25, 0.3) is 11.1 Å². The fraction of sp³-hybridized carbons (Fsp3) is 0.167. The molecule has 3 rings (SSSR count). The lowest BCUT2D eigenvalue weighted by atomic mass is 10.0. The summed E-state index contributed by atoms with van der Waals surface area (Å²) in [7, 11) is -2.85. The molecule has 8 heteroatoms. The first kappa shape index (κ1) is 23.0. The van der Waals surface area contributed by atoms with Crippen LogP contribution in [0.2, 0.25) is 0 Å². The Balaban J connectivity index is 1.81. The Kier molecular flexibility index (Phi) is 7.62. The van der Waals surface area contributed by atoms with Crippen LogP contribution < -0.4 is 10.5 Å². The van der Waals surface area contributed by atoms with Crippen molar-refractivity contribution < 1.29 is 13.2 Å². The zero-order valence-corrected chi connectivity index (χ0v) is 18.6. The number of hydrogen-bond donors (Lipinski definition) is 4. The second-order valence-corrected chi connectivity index (χ2v) is 8.05. The molecule has 0 spiro atoms. The number of carbonyl (C=O) groups excluding carboxylic acids is 1. The highest BCUT2D eigenvalue weighted by Crippen LogP contribution is 2.29. The molecule has 32 heavy (non-hydrogen) atoms. The van der Waals surface area contributed by atoms with Gasteiger partial charge in [0.05, 0.1) is 12.1 Å². The van der Waals surface area contributed by atoms with Gasteiger partial charge in [0.15, 0.2) is 0 Å². The van der Waals surface area contributed by atoms with Gasteiger partial charge in [0.1, 0.15) is 5.84 Å². The van der Waals surface area contributed by atoms with Gasteiger partial charge in [0, 0.05) is 24.2 Å². The van der Waals surface area contributed by atoms with E-state index in [1.54, 1.807) is 23.1 Å². The topological polar surface area (TPSA) is 116 Å². The zero-order valence-electron chi connectivity index (χ0n) is 17.7. The molecule has 0 unspecified atom stereocenters. The third-order valence-corrected chi connectivity index (χ3v) is 5.51. The number of amidine groups is 1. The summed E-state index contributed by atoms with van der Waals surface area (Å²) < 4.78 is 25.2. The lowest BCUT2D eigenvalue weighted by Gasteiger charge is -2.22. The summed E-state index contributed by atoms with van der Waals surface area (Å²) in [5.41, 5.74) is 9.84. The van der Waals surface area contributed by atoms with Crippen LogP contribution in [0.15, 0.2) is 72.8 Å². The quantitative estimate of drug-likeness (QED) is 0.228. The maximum atomic E-state index is 13.0. The maximum absolute atomic E-state index is 13.0. The monoisotopic (exact) mass is 450 g/mol. The molecule has 7 nitrogen and oxygen atoms in total. The molecule has 0 aliphatic rings. The van der Waals surface area contributed by atoms with Gasteiger partial charge in [-0.15, -0.1) is 0 Å². The van der Waals surface area contributed by atoms with Crippen LogP contribution in [0.4, 0.5) is 5.69 Å². The predicted octanol–water partition coefficient (Wildman–Crippen LogP) is 3.17. The second-order valence-electron chi connectivity index (χ2n) is 7.31. The van der Waals surface area contributed by atoms with Crippen LogP contribution in [0.1, 0.15) is 23.6 Å². The van der Waals surface area contributed by atoms with E-state index in [-0.39, 0.29) is 18.2 Å². The van der Waals surface area contributed by atoms with Crippen molar-refractivity contribution in [1.82, 2.24) is 4.90 Å². The average Bonchev–Trinajstić information content (AvgIpc) is 2.78. The molecule has 0 bridgehead atoms. The van der Waals surface area contributed by atoms with Gasteiger partial charge in [-0.2, -0.15) is 0 Å². The fourth-order valence-corrected chi connectivity index (χ4v) is 3.86. The third-order valence-electron chi connectivity index (χ3n) is 5.08. The first-order chi connectivity index (χ1) is 15.4. The largest absolute Gasteiger partial charge is 0.384 e. The van der Waals surface area contributed by atoms with E-state index in [4.69, 9.17) is 11.1 Å². The molecule has 3 aromatic carbocycles. The van der Waals surface area contributed by atoms with Crippen molar-refractivity contribution in [2.45, 2.75) is 19.9 Å². The molecule has 1 amide bonds. The molecule has 0 aliphatic carbocycles. The van der Waals surface area contributed by atoms with E-state index in [0.717, 1.165) is 16.7 Å². The summed E-state index contributed by atoms with van der Waals surface area (Å²) in [5, 5.41) is 7.59. The molecule has 0 heterocycles. The van der Waals surface area contributed by atoms with Gasteiger partial charge < -0.3 is 10.6 Å². The molecular weight excluding hydrogens is 424 g/mol. The number of anilines is 1. The van der Waals surface area contributed by atoms with Gasteiger partial charge in [-0.3, -0.25) is 14.9 Å². The summed E-state index contributed by atoms with van der Waals surface area (Å²) in [5.74, 6) is -0.0953. The lowest BCUT2D eigenvalue weighted by Crippen LogP contribution is -2.31. The van der Waals surface area contributed by atoms with Crippen molar-refractivity contribution in [3.63, 3.8) is 0 Å². The molecule has 0 aromatic heterocycles. The molecule has 4 N–H and O–H groups in total. The van der Waals surface area contributed by atoms with Gasteiger partial charge >= 0.3 is 0 Å². The van der Waals surface area contributed by atoms with Gasteiger partial charge in [-0.05, 0) is 35.7 Å². The predicted molar refractivity (Wildman–Crippen MR) is 128 cm³/mol. The third kappa shape index (κ3) is 5.95. The highest BCUT2D eigenvalue weighted by atomic mass is 32.2. The number of carbonyl (C=O) groups is 1. The van der Waals surface area contributed by atoms with Crippen molar-refractivity contribution in [3.8, 4) is 11.1 Å². The first-order valence-electron chi connectivity index (χ1n) is 10.2. The number of nitrogens with zero attached hydrogens (tertiary/aromatic N) is 1. The number of thiol groups is 1. The Bertz CT molecular complexity index is 1180. The minimum Gasteiger partial charge on any atom is -0.384 e. The van der Waals surface area contributed by atoms with Crippen molar-refractivity contribution in [3.05, 3.63) is 89.5 Å². The minimum atomic E-state index is -2.85. The van der Waals surface area contributed by atoms with Crippen molar-refractivity contribution >= 4 is 28.3 Å². The van der Waals surface area contributed by atoms with E-state index >= 15 is 0 Å². The number of nitrogen functional groups attached to an aromatic ring is 1. The highest BCUT2D eigenvalue weighted by molar-refractivity contribution is 7.73. The van der Waals surface area contributed by atoms with E-state index in [1.807, 2.05) is 61.5 Å². The second kappa shape index (κ2) is 10.6. The summed E-state index contributed by atoms with van der Waals surface area (Å²) in [6, 6.07) is 22.1. The van der Waals surface area contributed by atoms with Crippen LogP contribution in [-0.4, -0.2) is 31.6 Å². The van der Waals surface area contributed by atoms with Crippen LogP contribution in [0.5, 0.6) is 0 Å². The SMILES string of the molecule is CCN(Cc1cccc(C(=N)N)c1)C(=O)Cc1ccc(-c2ccccc2)c(N[SH](=O)=O)c1. The number of rotatable bonds is 9. The molecular formula is C24H26N4O3S. The zero-order chi connectivity index (χ0) is 23.1. The van der Waals surface area contributed by atoms with E-state index < -0.39 is 10.9 Å². The Morgan fingerprint density at radius 3 is 2.41 bits per heavy atom. The van der Waals surface area contributed by atoms with Crippen molar-refractivity contribution in [1.29, 1.82) is 5.41 Å². The van der Waals surface area contributed by atoms with Gasteiger partial charge in [0.2, 0.25) is 16.8 Å². The van der Waals surface area contributed by atoms with Crippen molar-refractivity contribution in [2.24, 2.45) is 5.73 Å². The number of hydrogen-bond acceptors (Lipinski definition) is 4. The smallest absolute Gasteiger partial charge is 0.227 e. The Morgan fingerprint density at radius 1 is 1.00 bits per heavy atom. The number of amides is 1. The molecule has 166 valence electrons. The average molecular weight is 451 g/mol. The van der Waals surface area contributed by atoms with Crippen LogP contribution in [0, 0.1) is 5.41 Å². The van der Waals surface area contributed by atoms with Gasteiger partial charge in [0.25, 0.3) is 0 Å². The Morgan fingerprint density at radius 2 is 1.75 bits per heavy atom. The van der Waals surface area contributed by atoms with Gasteiger partial charge in [-0.25, -0.2) is 8.42 Å². The molecule has 0 saturated heterocycles. The highest BCUT2D eigenvalue weighted by Gasteiger charge is 2.15. The normalized spacial score (nSPS) is 10.7. The van der Waals surface area contributed by atoms with E-state index in [2.05, 4.69) is 4.72 Å². The summed E-state index contributed by atoms with van der Waals surface area (Å²) in [4.78, 5) is 14.7. The molecule has 0 saturated carbocycles. The molecule has 0 aliphatic heterocycles. The number of benzene rings is 3. The number of nitrogens with one attached hydrogen (secondary N) is 2. The standard InChI is InChI=1S/C24H26N4O3S/c1-2-28(16-18-7-6-10-20(13-18)24(25)26)23(29)15-17-11-12-21(19-8-4-3-5-9-19)22(14-17)27-32(30)31/h3-14,32H,2,15-16H2,1H3,(H3,25,26)(H,27,30,31). The molecule has 0 atom stereocenters. The van der Waals surface area contributed by atoms with Crippen LogP contribution >= 0.6 is 0 Å². The Labute approximate surface area is 189 Å². The van der Waals surface area contributed by atoms with E-state index in [9.17, 15) is 13.2 Å². The lowest BCUT2D eigenvalue weighted by molar-refractivity contribution is -0.130. The maximum Gasteiger partial charge on any atom is 0.227 e. The van der Waals surface area contributed by atoms with Crippen LogP contribution in [0.3, 0.4) is 0 Å². The fourth-order valence-electron chi connectivity index (χ4n) is 3.48. The minimum absolute atomic E-state index is 0.0172. The number of nitrogens with two attached hydrogens (primary N) is 1.